The first-order valence-corrected chi connectivity index (χ1v) is 11.9. The highest BCUT2D eigenvalue weighted by molar-refractivity contribution is 7.92. The van der Waals surface area contributed by atoms with Gasteiger partial charge in [0.2, 0.25) is 15.9 Å². The molecule has 7 heteroatoms. The lowest BCUT2D eigenvalue weighted by Crippen LogP contribution is -2.50. The molecule has 2 atom stereocenters. The Kier molecular flexibility index (Phi) is 7.72. The summed E-state index contributed by atoms with van der Waals surface area (Å²) in [6.07, 6.45) is 2.13. The second kappa shape index (κ2) is 9.63. The van der Waals surface area contributed by atoms with Crippen molar-refractivity contribution < 1.29 is 13.2 Å². The maximum absolute atomic E-state index is 13.2. The summed E-state index contributed by atoms with van der Waals surface area (Å²) in [4.78, 5) is 13.2. The Labute approximate surface area is 179 Å². The highest BCUT2D eigenvalue weighted by Gasteiger charge is 2.32. The predicted molar refractivity (Wildman–Crippen MR) is 120 cm³/mol. The molecule has 0 bridgehead atoms. The SMILES string of the molecule is CC[C@H](NC(=O)[C@H](CC)N(c1cccc(Cl)c1)S(C)(=O)=O)c1ccc(C)cc1C. The number of hydrogen-bond donors (Lipinski definition) is 1. The van der Waals surface area contributed by atoms with Crippen LogP contribution in [0.25, 0.3) is 0 Å². The van der Waals surface area contributed by atoms with Crippen LogP contribution in [0, 0.1) is 13.8 Å². The van der Waals surface area contributed by atoms with Crippen LogP contribution in [-0.4, -0.2) is 26.6 Å². The number of benzene rings is 2. The Morgan fingerprint density at radius 1 is 1.10 bits per heavy atom. The third-order valence-corrected chi connectivity index (χ3v) is 6.33. The van der Waals surface area contributed by atoms with Crippen molar-refractivity contribution in [1.29, 1.82) is 0 Å². The van der Waals surface area contributed by atoms with Crippen molar-refractivity contribution in [2.75, 3.05) is 10.6 Å². The van der Waals surface area contributed by atoms with E-state index in [0.29, 0.717) is 23.6 Å². The molecule has 0 fully saturated rings. The van der Waals surface area contributed by atoms with Gasteiger partial charge in [-0.2, -0.15) is 0 Å². The zero-order chi connectivity index (χ0) is 21.8. The number of hydrogen-bond acceptors (Lipinski definition) is 3. The van der Waals surface area contributed by atoms with Crippen LogP contribution >= 0.6 is 11.6 Å². The number of carbonyl (C=O) groups is 1. The molecule has 0 aliphatic carbocycles. The van der Waals surface area contributed by atoms with E-state index in [1.807, 2.05) is 32.9 Å². The van der Waals surface area contributed by atoms with Crippen molar-refractivity contribution in [3.63, 3.8) is 0 Å². The molecule has 0 aliphatic heterocycles. The molecular formula is C22H29ClN2O3S. The first kappa shape index (κ1) is 23.2. The molecule has 0 saturated carbocycles. The number of nitrogens with zero attached hydrogens (tertiary/aromatic N) is 1. The number of amides is 1. The molecule has 0 heterocycles. The van der Waals surface area contributed by atoms with Crippen molar-refractivity contribution in [1.82, 2.24) is 5.32 Å². The second-order valence-corrected chi connectivity index (χ2v) is 9.59. The molecular weight excluding hydrogens is 408 g/mol. The standard InChI is InChI=1S/C22H29ClN2O3S/c1-6-20(19-12-11-15(3)13-16(19)4)24-22(26)21(7-2)25(29(5,27)28)18-10-8-9-17(23)14-18/h8-14,20-21H,6-7H2,1-5H3,(H,24,26)/t20-,21-/m0/s1. The highest BCUT2D eigenvalue weighted by atomic mass is 35.5. The molecule has 0 unspecified atom stereocenters. The Bertz CT molecular complexity index is 976. The van der Waals surface area contributed by atoms with Gasteiger partial charge in [-0.15, -0.1) is 0 Å². The highest BCUT2D eigenvalue weighted by Crippen LogP contribution is 2.27. The molecule has 0 aliphatic rings. The van der Waals surface area contributed by atoms with Crippen LogP contribution in [0.3, 0.4) is 0 Å². The van der Waals surface area contributed by atoms with Crippen LogP contribution in [0.1, 0.15) is 49.4 Å². The molecule has 1 amide bonds. The number of halogens is 1. The van der Waals surface area contributed by atoms with Crippen molar-refractivity contribution >= 4 is 33.2 Å². The zero-order valence-electron chi connectivity index (χ0n) is 17.6. The second-order valence-electron chi connectivity index (χ2n) is 7.29. The average Bonchev–Trinajstić information content (AvgIpc) is 2.63. The van der Waals surface area contributed by atoms with Gasteiger partial charge in [0.15, 0.2) is 0 Å². The van der Waals surface area contributed by atoms with Gasteiger partial charge in [0.25, 0.3) is 0 Å². The zero-order valence-corrected chi connectivity index (χ0v) is 19.1. The fourth-order valence-electron chi connectivity index (χ4n) is 3.56. The monoisotopic (exact) mass is 436 g/mol. The average molecular weight is 437 g/mol. The van der Waals surface area contributed by atoms with Crippen molar-refractivity contribution in [2.24, 2.45) is 0 Å². The Balaban J connectivity index is 2.38. The number of anilines is 1. The quantitative estimate of drug-likeness (QED) is 0.648. The van der Waals surface area contributed by atoms with Gasteiger partial charge in [0.1, 0.15) is 6.04 Å². The summed E-state index contributed by atoms with van der Waals surface area (Å²) in [5.74, 6) is -0.329. The molecule has 5 nitrogen and oxygen atoms in total. The smallest absolute Gasteiger partial charge is 0.244 e. The van der Waals surface area contributed by atoms with E-state index in [1.54, 1.807) is 31.2 Å². The maximum Gasteiger partial charge on any atom is 0.244 e. The topological polar surface area (TPSA) is 66.5 Å². The summed E-state index contributed by atoms with van der Waals surface area (Å²) in [6.45, 7) is 7.84. The minimum atomic E-state index is -3.70. The number of aryl methyl sites for hydroxylation is 2. The lowest BCUT2D eigenvalue weighted by Gasteiger charge is -2.31. The van der Waals surface area contributed by atoms with Gasteiger partial charge in [-0.1, -0.05) is 55.3 Å². The van der Waals surface area contributed by atoms with Gasteiger partial charge < -0.3 is 5.32 Å². The molecule has 1 N–H and O–H groups in total. The molecule has 0 saturated heterocycles. The fourth-order valence-corrected chi connectivity index (χ4v) is 4.95. The van der Waals surface area contributed by atoms with Crippen LogP contribution in [0.5, 0.6) is 0 Å². The predicted octanol–water partition coefficient (Wildman–Crippen LogP) is 4.77. The largest absolute Gasteiger partial charge is 0.347 e. The lowest BCUT2D eigenvalue weighted by molar-refractivity contribution is -0.123. The third-order valence-electron chi connectivity index (χ3n) is 4.92. The van der Waals surface area contributed by atoms with Crippen molar-refractivity contribution in [3.05, 3.63) is 64.2 Å². The first-order valence-electron chi connectivity index (χ1n) is 9.71. The minimum absolute atomic E-state index is 0.196. The van der Waals surface area contributed by atoms with E-state index in [0.717, 1.165) is 27.3 Å². The van der Waals surface area contributed by atoms with Gasteiger partial charge in [0.05, 0.1) is 18.0 Å². The van der Waals surface area contributed by atoms with Crippen LogP contribution in [-0.2, 0) is 14.8 Å². The van der Waals surface area contributed by atoms with E-state index >= 15 is 0 Å². The summed E-state index contributed by atoms with van der Waals surface area (Å²) in [6, 6.07) is 11.6. The van der Waals surface area contributed by atoms with Crippen molar-refractivity contribution in [2.45, 2.75) is 52.6 Å². The van der Waals surface area contributed by atoms with Crippen LogP contribution < -0.4 is 9.62 Å². The van der Waals surface area contributed by atoms with Crippen molar-refractivity contribution in [3.8, 4) is 0 Å². The number of nitrogens with one attached hydrogen (secondary N) is 1. The van der Waals surface area contributed by atoms with Crippen LogP contribution in [0.2, 0.25) is 5.02 Å². The Hall–Kier alpha value is -2.05. The maximum atomic E-state index is 13.2. The van der Waals surface area contributed by atoms with E-state index in [1.165, 1.54) is 0 Å². The Morgan fingerprint density at radius 2 is 1.79 bits per heavy atom. The van der Waals surface area contributed by atoms with Gasteiger partial charge >= 0.3 is 0 Å². The Morgan fingerprint density at radius 3 is 2.31 bits per heavy atom. The van der Waals surface area contributed by atoms with E-state index in [-0.39, 0.29) is 11.9 Å². The van der Waals surface area contributed by atoms with Gasteiger partial charge in [0, 0.05) is 5.02 Å². The lowest BCUT2D eigenvalue weighted by atomic mass is 9.97. The minimum Gasteiger partial charge on any atom is -0.347 e. The molecule has 0 radical (unpaired) electrons. The van der Waals surface area contributed by atoms with E-state index in [2.05, 4.69) is 11.4 Å². The van der Waals surface area contributed by atoms with E-state index in [9.17, 15) is 13.2 Å². The fraction of sp³-hybridized carbons (Fsp3) is 0.409. The van der Waals surface area contributed by atoms with Crippen LogP contribution in [0.4, 0.5) is 5.69 Å². The van der Waals surface area contributed by atoms with Gasteiger partial charge in [-0.3, -0.25) is 9.10 Å². The summed E-state index contributed by atoms with van der Waals surface area (Å²) >= 11 is 6.06. The summed E-state index contributed by atoms with van der Waals surface area (Å²) in [5, 5.41) is 3.46. The van der Waals surface area contributed by atoms with Gasteiger partial charge in [-0.05, 0) is 56.0 Å². The molecule has 0 spiro atoms. The molecule has 2 aromatic carbocycles. The third kappa shape index (κ3) is 5.73. The summed E-state index contributed by atoms with van der Waals surface area (Å²) in [5.41, 5.74) is 3.67. The molecule has 0 aromatic heterocycles. The first-order chi connectivity index (χ1) is 13.6. The summed E-state index contributed by atoms with van der Waals surface area (Å²) in [7, 11) is -3.70. The van der Waals surface area contributed by atoms with Crippen LogP contribution in [0.15, 0.2) is 42.5 Å². The molecule has 2 rings (SSSR count). The van der Waals surface area contributed by atoms with Gasteiger partial charge in [-0.25, -0.2) is 8.42 Å². The normalized spacial score (nSPS) is 13.6. The van der Waals surface area contributed by atoms with E-state index in [4.69, 9.17) is 11.6 Å². The summed E-state index contributed by atoms with van der Waals surface area (Å²) < 4.78 is 26.3. The van der Waals surface area contributed by atoms with E-state index < -0.39 is 16.1 Å². The molecule has 29 heavy (non-hydrogen) atoms. The molecule has 2 aromatic rings. The number of carbonyl (C=O) groups excluding carboxylic acids is 1. The number of rotatable bonds is 8. The number of sulfonamides is 1. The molecule has 158 valence electrons.